The topological polar surface area (TPSA) is 74.6 Å². The molecule has 1 aromatic carbocycles. The van der Waals surface area contributed by atoms with Crippen molar-refractivity contribution in [3.05, 3.63) is 47.0 Å². The van der Waals surface area contributed by atoms with Gasteiger partial charge in [-0.05, 0) is 43.9 Å². The molecule has 0 aromatic heterocycles. The van der Waals surface area contributed by atoms with Crippen LogP contribution in [0.25, 0.3) is 0 Å². The Morgan fingerprint density at radius 3 is 2.53 bits per heavy atom. The molecule has 1 unspecified atom stereocenters. The molecule has 0 spiro atoms. The molecular formula is C15H18O4. The molecule has 0 heterocycles. The van der Waals surface area contributed by atoms with E-state index < -0.39 is 17.9 Å². The third-order valence-electron chi connectivity index (χ3n) is 3.15. The number of aliphatic carboxylic acids is 1. The first kappa shape index (κ1) is 15.0. The minimum atomic E-state index is -0.986. The highest BCUT2D eigenvalue weighted by molar-refractivity contribution is 5.89. The zero-order chi connectivity index (χ0) is 14.4. The highest BCUT2D eigenvalue weighted by Gasteiger charge is 2.19. The summed E-state index contributed by atoms with van der Waals surface area (Å²) in [6, 6.07) is 4.97. The minimum Gasteiger partial charge on any atom is -0.481 e. The Morgan fingerprint density at radius 2 is 2.00 bits per heavy atom. The van der Waals surface area contributed by atoms with Crippen molar-refractivity contribution < 1.29 is 19.8 Å². The molecule has 1 rings (SSSR count). The molecule has 0 aliphatic rings. The molecule has 0 aliphatic carbocycles. The van der Waals surface area contributed by atoms with Gasteiger partial charge in [0, 0.05) is 0 Å². The monoisotopic (exact) mass is 262 g/mol. The van der Waals surface area contributed by atoms with E-state index in [1.54, 1.807) is 19.1 Å². The third-order valence-corrected chi connectivity index (χ3v) is 3.15. The van der Waals surface area contributed by atoms with Crippen molar-refractivity contribution in [2.24, 2.45) is 5.92 Å². The smallest absolute Gasteiger partial charge is 0.335 e. The predicted octanol–water partition coefficient (Wildman–Crippen LogP) is 2.90. The Kier molecular flexibility index (Phi) is 5.30. The van der Waals surface area contributed by atoms with Crippen LogP contribution in [0.1, 0.15) is 34.8 Å². The van der Waals surface area contributed by atoms with Crippen molar-refractivity contribution in [1.82, 2.24) is 0 Å². The van der Waals surface area contributed by atoms with Gasteiger partial charge in [-0.1, -0.05) is 24.3 Å². The summed E-state index contributed by atoms with van der Waals surface area (Å²) < 4.78 is 0. The van der Waals surface area contributed by atoms with Crippen LogP contribution in [0.2, 0.25) is 0 Å². The van der Waals surface area contributed by atoms with E-state index in [0.29, 0.717) is 18.4 Å². The largest absolute Gasteiger partial charge is 0.481 e. The summed E-state index contributed by atoms with van der Waals surface area (Å²) in [7, 11) is 0. The minimum absolute atomic E-state index is 0.229. The molecule has 0 radical (unpaired) electrons. The van der Waals surface area contributed by atoms with Crippen LogP contribution >= 0.6 is 0 Å². The summed E-state index contributed by atoms with van der Waals surface area (Å²) in [6.07, 6.45) is 4.42. The van der Waals surface area contributed by atoms with Gasteiger partial charge < -0.3 is 10.2 Å². The number of rotatable bonds is 6. The van der Waals surface area contributed by atoms with Crippen molar-refractivity contribution in [3.8, 4) is 0 Å². The highest BCUT2D eigenvalue weighted by atomic mass is 16.4. The fraction of sp³-hybridized carbons (Fsp3) is 0.333. The first-order valence-corrected chi connectivity index (χ1v) is 6.13. The van der Waals surface area contributed by atoms with Gasteiger partial charge in [0.2, 0.25) is 0 Å². The van der Waals surface area contributed by atoms with Crippen LogP contribution in [0.5, 0.6) is 0 Å². The first-order chi connectivity index (χ1) is 8.97. The average Bonchev–Trinajstić information content (AvgIpc) is 2.35. The van der Waals surface area contributed by atoms with Crippen LogP contribution in [-0.4, -0.2) is 22.2 Å². The van der Waals surface area contributed by atoms with Crippen molar-refractivity contribution >= 4 is 11.9 Å². The molecule has 0 saturated heterocycles. The van der Waals surface area contributed by atoms with Gasteiger partial charge in [0.15, 0.2) is 0 Å². The number of hydrogen-bond donors (Lipinski definition) is 2. The Balaban J connectivity index is 3.00. The van der Waals surface area contributed by atoms with E-state index in [4.69, 9.17) is 5.11 Å². The van der Waals surface area contributed by atoms with Crippen molar-refractivity contribution in [2.75, 3.05) is 0 Å². The SMILES string of the molecule is CC=CCC(Cc1cccc(C(=O)O)c1C)C(=O)O. The second kappa shape index (κ2) is 6.73. The van der Waals surface area contributed by atoms with Gasteiger partial charge in [-0.25, -0.2) is 4.79 Å². The summed E-state index contributed by atoms with van der Waals surface area (Å²) in [6.45, 7) is 3.56. The maximum atomic E-state index is 11.2. The van der Waals surface area contributed by atoms with Crippen LogP contribution < -0.4 is 0 Å². The van der Waals surface area contributed by atoms with Gasteiger partial charge in [-0.3, -0.25) is 4.79 Å². The predicted molar refractivity (Wildman–Crippen MR) is 72.4 cm³/mol. The molecule has 0 aliphatic heterocycles. The number of allylic oxidation sites excluding steroid dienone is 2. The van der Waals surface area contributed by atoms with E-state index in [2.05, 4.69) is 0 Å². The van der Waals surface area contributed by atoms with Gasteiger partial charge in [0.1, 0.15) is 0 Å². The van der Waals surface area contributed by atoms with Crippen LogP contribution in [0.3, 0.4) is 0 Å². The molecular weight excluding hydrogens is 244 g/mol. The van der Waals surface area contributed by atoms with Gasteiger partial charge >= 0.3 is 11.9 Å². The number of aromatic carboxylic acids is 1. The lowest BCUT2D eigenvalue weighted by atomic mass is 9.91. The second-order valence-electron chi connectivity index (χ2n) is 4.44. The lowest BCUT2D eigenvalue weighted by molar-refractivity contribution is -0.141. The maximum Gasteiger partial charge on any atom is 0.335 e. The first-order valence-electron chi connectivity index (χ1n) is 6.13. The van der Waals surface area contributed by atoms with E-state index in [1.165, 1.54) is 6.07 Å². The van der Waals surface area contributed by atoms with E-state index in [1.807, 2.05) is 19.1 Å². The summed E-state index contributed by atoms with van der Waals surface area (Å²) in [5.74, 6) is -2.38. The molecule has 1 aromatic rings. The normalized spacial score (nSPS) is 12.5. The number of benzene rings is 1. The average molecular weight is 262 g/mol. The van der Waals surface area contributed by atoms with E-state index in [0.717, 1.165) is 5.56 Å². The maximum absolute atomic E-state index is 11.2. The summed E-state index contributed by atoms with van der Waals surface area (Å²) in [5, 5.41) is 18.2. The zero-order valence-electron chi connectivity index (χ0n) is 11.1. The molecule has 0 amide bonds. The standard InChI is InChI=1S/C15H18O4/c1-3-4-6-12(14(16)17)9-11-7-5-8-13(10(11)2)15(18)19/h3-5,7-8,12H,6,9H2,1-2H3,(H,16,17)(H,18,19). The molecule has 0 saturated carbocycles. The van der Waals surface area contributed by atoms with Crippen LogP contribution in [0.15, 0.2) is 30.4 Å². The van der Waals surface area contributed by atoms with Crippen molar-refractivity contribution in [1.29, 1.82) is 0 Å². The van der Waals surface area contributed by atoms with Gasteiger partial charge in [-0.15, -0.1) is 0 Å². The van der Waals surface area contributed by atoms with Crippen molar-refractivity contribution in [2.45, 2.75) is 26.7 Å². The number of carbonyl (C=O) groups is 2. The Hall–Kier alpha value is -2.10. The fourth-order valence-corrected chi connectivity index (χ4v) is 1.97. The highest BCUT2D eigenvalue weighted by Crippen LogP contribution is 2.20. The van der Waals surface area contributed by atoms with Gasteiger partial charge in [-0.2, -0.15) is 0 Å². The number of carboxylic acid groups (broad SMARTS) is 2. The van der Waals surface area contributed by atoms with Gasteiger partial charge in [0.25, 0.3) is 0 Å². The quantitative estimate of drug-likeness (QED) is 0.773. The zero-order valence-corrected chi connectivity index (χ0v) is 11.1. The molecule has 2 N–H and O–H groups in total. The van der Waals surface area contributed by atoms with E-state index >= 15 is 0 Å². The van der Waals surface area contributed by atoms with E-state index in [-0.39, 0.29) is 5.56 Å². The molecule has 4 nitrogen and oxygen atoms in total. The summed E-state index contributed by atoms with van der Waals surface area (Å²) >= 11 is 0. The van der Waals surface area contributed by atoms with E-state index in [9.17, 15) is 14.7 Å². The lowest BCUT2D eigenvalue weighted by Gasteiger charge is -2.13. The lowest BCUT2D eigenvalue weighted by Crippen LogP contribution is -2.17. The summed E-state index contributed by atoms with van der Waals surface area (Å²) in [5.41, 5.74) is 1.64. The molecule has 4 heteroatoms. The Labute approximate surface area is 112 Å². The number of carboxylic acids is 2. The molecule has 102 valence electrons. The van der Waals surface area contributed by atoms with Crippen molar-refractivity contribution in [3.63, 3.8) is 0 Å². The molecule has 0 bridgehead atoms. The second-order valence-corrected chi connectivity index (χ2v) is 4.44. The fourth-order valence-electron chi connectivity index (χ4n) is 1.97. The van der Waals surface area contributed by atoms with Crippen LogP contribution in [-0.2, 0) is 11.2 Å². The summed E-state index contributed by atoms with van der Waals surface area (Å²) in [4.78, 5) is 22.2. The Morgan fingerprint density at radius 1 is 1.32 bits per heavy atom. The molecule has 19 heavy (non-hydrogen) atoms. The molecule has 1 atom stereocenters. The third kappa shape index (κ3) is 3.95. The van der Waals surface area contributed by atoms with Crippen LogP contribution in [0, 0.1) is 12.8 Å². The van der Waals surface area contributed by atoms with Gasteiger partial charge in [0.05, 0.1) is 11.5 Å². The molecule has 0 fully saturated rings. The Bertz CT molecular complexity index is 503. The van der Waals surface area contributed by atoms with Crippen LogP contribution in [0.4, 0.5) is 0 Å². The number of hydrogen-bond acceptors (Lipinski definition) is 2.